The molecule has 1 saturated heterocycles. The van der Waals surface area contributed by atoms with Crippen LogP contribution in [0.25, 0.3) is 0 Å². The first-order valence-electron chi connectivity index (χ1n) is 9.55. The van der Waals surface area contributed by atoms with Gasteiger partial charge in [-0.15, -0.1) is 0 Å². The van der Waals surface area contributed by atoms with Crippen molar-refractivity contribution in [3.05, 3.63) is 42.2 Å². The largest absolute Gasteiger partial charge is 0.433 e. The van der Waals surface area contributed by atoms with Crippen LogP contribution in [0.1, 0.15) is 31.9 Å². The first kappa shape index (κ1) is 23.5. The molecule has 1 amide bonds. The van der Waals surface area contributed by atoms with Crippen molar-refractivity contribution in [2.75, 3.05) is 18.4 Å². The number of carbonyl (C=O) groups excluding carboxylic acids is 1. The number of thioether (sulfide) groups is 1. The zero-order valence-electron chi connectivity index (χ0n) is 16.6. The number of aromatic nitrogens is 2. The number of hydrogen-bond donors (Lipinski definition) is 1. The van der Waals surface area contributed by atoms with Crippen LogP contribution in [0.4, 0.5) is 18.9 Å². The molecule has 0 aliphatic carbocycles. The highest BCUT2D eigenvalue weighted by Gasteiger charge is 2.33. The number of alkyl halides is 3. The van der Waals surface area contributed by atoms with E-state index in [2.05, 4.69) is 15.3 Å². The normalized spacial score (nSPS) is 16.6. The predicted molar refractivity (Wildman–Crippen MR) is 110 cm³/mol. The van der Waals surface area contributed by atoms with Crippen LogP contribution >= 0.6 is 11.8 Å². The van der Waals surface area contributed by atoms with E-state index in [4.69, 9.17) is 0 Å². The summed E-state index contributed by atoms with van der Waals surface area (Å²) in [5.41, 5.74) is -0.811. The molecular formula is C19H21F3N4O3S2. The van der Waals surface area contributed by atoms with Crippen LogP contribution in [0.15, 0.2) is 46.6 Å². The molecule has 7 nitrogen and oxygen atoms in total. The van der Waals surface area contributed by atoms with Gasteiger partial charge in [-0.2, -0.15) is 17.5 Å². The van der Waals surface area contributed by atoms with Gasteiger partial charge >= 0.3 is 6.18 Å². The number of nitrogens with zero attached hydrogens (tertiary/aromatic N) is 3. The third kappa shape index (κ3) is 5.95. The predicted octanol–water partition coefficient (Wildman–Crippen LogP) is 3.79. The highest BCUT2D eigenvalue weighted by atomic mass is 32.2. The molecule has 12 heteroatoms. The quantitative estimate of drug-likeness (QED) is 0.506. The zero-order valence-corrected chi connectivity index (χ0v) is 18.2. The Balaban J connectivity index is 1.68. The molecule has 0 bridgehead atoms. The third-order valence-electron chi connectivity index (χ3n) is 4.63. The van der Waals surface area contributed by atoms with Crippen LogP contribution in [0, 0.1) is 0 Å². The second-order valence-electron chi connectivity index (χ2n) is 6.96. The van der Waals surface area contributed by atoms with E-state index >= 15 is 0 Å². The molecule has 1 aromatic heterocycles. The monoisotopic (exact) mass is 474 g/mol. The number of carbonyl (C=O) groups is 1. The molecule has 0 saturated carbocycles. The van der Waals surface area contributed by atoms with Crippen molar-refractivity contribution < 1.29 is 26.4 Å². The fourth-order valence-electron chi connectivity index (χ4n) is 3.00. The second-order valence-corrected chi connectivity index (χ2v) is 10.2. The average molecular weight is 475 g/mol. The van der Waals surface area contributed by atoms with Crippen molar-refractivity contribution in [1.82, 2.24) is 14.3 Å². The average Bonchev–Trinajstić information content (AvgIpc) is 2.74. The number of sulfonamides is 1. The first-order chi connectivity index (χ1) is 14.6. The van der Waals surface area contributed by atoms with Gasteiger partial charge in [-0.3, -0.25) is 4.79 Å². The van der Waals surface area contributed by atoms with E-state index < -0.39 is 33.1 Å². The number of halogens is 3. The van der Waals surface area contributed by atoms with Crippen molar-refractivity contribution in [3.8, 4) is 0 Å². The van der Waals surface area contributed by atoms with E-state index in [0.29, 0.717) is 13.1 Å². The molecule has 0 radical (unpaired) electrons. The Bertz CT molecular complexity index is 1040. The fraction of sp³-hybridized carbons (Fsp3) is 0.421. The maximum atomic E-state index is 12.8. The molecule has 0 spiro atoms. The number of rotatable bonds is 6. The highest BCUT2D eigenvalue weighted by molar-refractivity contribution is 8.00. The van der Waals surface area contributed by atoms with Gasteiger partial charge in [0.1, 0.15) is 5.69 Å². The van der Waals surface area contributed by atoms with E-state index in [9.17, 15) is 26.4 Å². The third-order valence-corrected chi connectivity index (χ3v) is 7.50. The van der Waals surface area contributed by atoms with Gasteiger partial charge in [0.05, 0.1) is 10.1 Å². The van der Waals surface area contributed by atoms with Crippen molar-refractivity contribution in [1.29, 1.82) is 0 Å². The summed E-state index contributed by atoms with van der Waals surface area (Å²) in [5, 5.41) is 1.61. The minimum absolute atomic E-state index is 0.0775. The fourth-order valence-corrected chi connectivity index (χ4v) is 5.32. The molecule has 0 unspecified atom stereocenters. The lowest BCUT2D eigenvalue weighted by Crippen LogP contribution is -2.35. The van der Waals surface area contributed by atoms with Gasteiger partial charge in [-0.05, 0) is 44.0 Å². The van der Waals surface area contributed by atoms with Crippen molar-refractivity contribution >= 4 is 33.4 Å². The van der Waals surface area contributed by atoms with Gasteiger partial charge in [0.25, 0.3) is 0 Å². The summed E-state index contributed by atoms with van der Waals surface area (Å²) < 4.78 is 65.4. The number of anilines is 1. The number of piperidine rings is 1. The SMILES string of the molecule is C[C@@H](Sc1nccc(C(F)(F)F)n1)C(=O)Nc1cccc(S(=O)(=O)N2CCCCC2)c1. The molecule has 31 heavy (non-hydrogen) atoms. The van der Waals surface area contributed by atoms with Crippen molar-refractivity contribution in [2.45, 2.75) is 47.7 Å². The van der Waals surface area contributed by atoms with E-state index in [1.54, 1.807) is 6.07 Å². The molecule has 1 aliphatic heterocycles. The van der Waals surface area contributed by atoms with Crippen LogP contribution in [-0.4, -0.2) is 46.9 Å². The van der Waals surface area contributed by atoms with E-state index in [1.807, 2.05) is 0 Å². The first-order valence-corrected chi connectivity index (χ1v) is 11.9. The van der Waals surface area contributed by atoms with Crippen molar-refractivity contribution in [3.63, 3.8) is 0 Å². The van der Waals surface area contributed by atoms with E-state index in [0.717, 1.165) is 43.3 Å². The molecule has 3 rings (SSSR count). The molecular weight excluding hydrogens is 453 g/mol. The molecule has 2 heterocycles. The maximum Gasteiger partial charge on any atom is 0.433 e. The number of benzene rings is 1. The summed E-state index contributed by atoms with van der Waals surface area (Å²) in [5.74, 6) is -0.515. The van der Waals surface area contributed by atoms with Crippen LogP contribution in [-0.2, 0) is 21.0 Å². The smallest absolute Gasteiger partial charge is 0.325 e. The number of hydrogen-bond acceptors (Lipinski definition) is 6. The Kier molecular flexibility index (Phi) is 7.22. The van der Waals surface area contributed by atoms with Crippen molar-refractivity contribution in [2.24, 2.45) is 0 Å². The van der Waals surface area contributed by atoms with Crippen LogP contribution in [0.2, 0.25) is 0 Å². The minimum atomic E-state index is -4.61. The summed E-state index contributed by atoms with van der Waals surface area (Å²) in [6, 6.07) is 6.67. The highest BCUT2D eigenvalue weighted by Crippen LogP contribution is 2.29. The minimum Gasteiger partial charge on any atom is -0.325 e. The topological polar surface area (TPSA) is 92.3 Å². The van der Waals surface area contributed by atoms with E-state index in [1.165, 1.54) is 29.4 Å². The molecule has 1 atom stereocenters. The Morgan fingerprint density at radius 3 is 2.58 bits per heavy atom. The lowest BCUT2D eigenvalue weighted by Gasteiger charge is -2.26. The van der Waals surface area contributed by atoms with E-state index in [-0.39, 0.29) is 15.7 Å². The lowest BCUT2D eigenvalue weighted by atomic mass is 10.2. The summed E-state index contributed by atoms with van der Waals surface area (Å²) in [6.45, 7) is 2.42. The summed E-state index contributed by atoms with van der Waals surface area (Å²) in [6.07, 6.45) is -1.01. The molecule has 1 aliphatic rings. The maximum absolute atomic E-state index is 12.8. The number of amides is 1. The van der Waals surface area contributed by atoms with Gasteiger partial charge in [0.2, 0.25) is 15.9 Å². The van der Waals surface area contributed by atoms with Crippen LogP contribution < -0.4 is 5.32 Å². The zero-order chi connectivity index (χ0) is 22.6. The summed E-state index contributed by atoms with van der Waals surface area (Å²) in [7, 11) is -3.66. The van der Waals surface area contributed by atoms with Crippen LogP contribution in [0.3, 0.4) is 0 Å². The Hall–Kier alpha value is -2.18. The molecule has 1 aromatic carbocycles. The molecule has 1 fully saturated rings. The van der Waals surface area contributed by atoms with Crippen LogP contribution in [0.5, 0.6) is 0 Å². The Morgan fingerprint density at radius 2 is 1.90 bits per heavy atom. The summed E-state index contributed by atoms with van der Waals surface area (Å²) in [4.78, 5) is 19.8. The Labute approximate surface area is 182 Å². The summed E-state index contributed by atoms with van der Waals surface area (Å²) >= 11 is 0.773. The van der Waals surface area contributed by atoms with Gasteiger partial charge in [-0.1, -0.05) is 24.2 Å². The van der Waals surface area contributed by atoms with Gasteiger partial charge in [0, 0.05) is 25.0 Å². The standard InChI is InChI=1S/C19H21F3N4O3S2/c1-13(30-18-23-9-8-16(25-18)19(20,21)22)17(27)24-14-6-5-7-15(12-14)31(28,29)26-10-3-2-4-11-26/h5-9,12-13H,2-4,10-11H2,1H3,(H,24,27)/t13-/m1/s1. The molecule has 1 N–H and O–H groups in total. The number of nitrogens with one attached hydrogen (secondary N) is 1. The molecule has 2 aromatic rings. The second kappa shape index (κ2) is 9.53. The lowest BCUT2D eigenvalue weighted by molar-refractivity contribution is -0.141. The molecule has 168 valence electrons. The van der Waals surface area contributed by atoms with Gasteiger partial charge in [-0.25, -0.2) is 18.4 Å². The van der Waals surface area contributed by atoms with Gasteiger partial charge in [0.15, 0.2) is 5.16 Å². The van der Waals surface area contributed by atoms with Gasteiger partial charge < -0.3 is 5.32 Å². The Morgan fingerprint density at radius 1 is 1.19 bits per heavy atom.